The van der Waals surface area contributed by atoms with E-state index in [-0.39, 0.29) is 18.2 Å². The van der Waals surface area contributed by atoms with E-state index >= 15 is 0 Å². The van der Waals surface area contributed by atoms with Gasteiger partial charge in [0.15, 0.2) is 0 Å². The Bertz CT molecular complexity index is 397. The highest BCUT2D eigenvalue weighted by molar-refractivity contribution is 5.70. The maximum atomic E-state index is 12.4. The summed E-state index contributed by atoms with van der Waals surface area (Å²) in [7, 11) is 0. The number of amides is 1. The van der Waals surface area contributed by atoms with Crippen LogP contribution in [0.1, 0.15) is 59.8 Å². The van der Waals surface area contributed by atoms with Crippen LogP contribution in [0.15, 0.2) is 11.6 Å². The van der Waals surface area contributed by atoms with E-state index in [1.54, 1.807) is 0 Å². The van der Waals surface area contributed by atoms with Crippen LogP contribution < -0.4 is 0 Å². The zero-order valence-corrected chi connectivity index (χ0v) is 13.9. The Labute approximate surface area is 128 Å². The number of nitrogens with zero attached hydrogens (tertiary/aromatic N) is 1. The Morgan fingerprint density at radius 1 is 1.38 bits per heavy atom. The van der Waals surface area contributed by atoms with Crippen LogP contribution in [0.2, 0.25) is 0 Å². The topological polar surface area (TPSA) is 38.8 Å². The summed E-state index contributed by atoms with van der Waals surface area (Å²) < 4.78 is 11.2. The van der Waals surface area contributed by atoms with Gasteiger partial charge < -0.3 is 9.47 Å². The molecule has 2 aliphatic rings. The van der Waals surface area contributed by atoms with Gasteiger partial charge in [0.1, 0.15) is 5.60 Å². The van der Waals surface area contributed by atoms with E-state index < -0.39 is 5.60 Å². The molecule has 2 heterocycles. The number of unbranched alkanes of at least 4 members (excludes halogenated alkanes) is 2. The Balaban J connectivity index is 2.03. The van der Waals surface area contributed by atoms with Gasteiger partial charge >= 0.3 is 6.09 Å². The molecule has 0 aromatic carbocycles. The summed E-state index contributed by atoms with van der Waals surface area (Å²) in [5.74, 6) is 0. The van der Waals surface area contributed by atoms with Gasteiger partial charge in [-0.1, -0.05) is 31.4 Å². The summed E-state index contributed by atoms with van der Waals surface area (Å²) >= 11 is 0. The molecule has 2 aliphatic heterocycles. The van der Waals surface area contributed by atoms with E-state index in [2.05, 4.69) is 13.0 Å². The number of hydrogen-bond acceptors (Lipinski definition) is 3. The highest BCUT2D eigenvalue weighted by Gasteiger charge is 2.39. The molecule has 120 valence electrons. The molecule has 0 N–H and O–H groups in total. The molecule has 0 aliphatic carbocycles. The van der Waals surface area contributed by atoms with Crippen molar-refractivity contribution in [1.29, 1.82) is 0 Å². The van der Waals surface area contributed by atoms with Gasteiger partial charge in [-0.25, -0.2) is 4.79 Å². The molecule has 0 aromatic rings. The van der Waals surface area contributed by atoms with Gasteiger partial charge in [-0.05, 0) is 40.0 Å². The van der Waals surface area contributed by atoms with Crippen LogP contribution >= 0.6 is 0 Å². The summed E-state index contributed by atoms with van der Waals surface area (Å²) in [4.78, 5) is 14.3. The molecule has 0 spiro atoms. The van der Waals surface area contributed by atoms with E-state index in [9.17, 15) is 4.79 Å². The average molecular weight is 295 g/mol. The molecule has 1 fully saturated rings. The van der Waals surface area contributed by atoms with Gasteiger partial charge in [0.25, 0.3) is 0 Å². The summed E-state index contributed by atoms with van der Waals surface area (Å²) in [5, 5.41) is 0. The molecule has 1 saturated heterocycles. The van der Waals surface area contributed by atoms with Crippen molar-refractivity contribution in [2.24, 2.45) is 0 Å². The first-order valence-corrected chi connectivity index (χ1v) is 8.19. The maximum Gasteiger partial charge on any atom is 0.411 e. The standard InChI is InChI=1S/C17H29NO3/c1-5-6-7-8-13-9-14-11-20-12-15(10-13)18(14)16(19)21-17(2,3)4/h9,14-15H,5-8,10-12H2,1-4H3. The number of morpholine rings is 1. The number of hydrogen-bond donors (Lipinski definition) is 0. The van der Waals surface area contributed by atoms with Crippen LogP contribution in [0.4, 0.5) is 4.79 Å². The highest BCUT2D eigenvalue weighted by Crippen LogP contribution is 2.30. The van der Waals surface area contributed by atoms with Crippen molar-refractivity contribution in [1.82, 2.24) is 4.90 Å². The van der Waals surface area contributed by atoms with E-state index in [0.717, 1.165) is 12.8 Å². The Hall–Kier alpha value is -1.03. The van der Waals surface area contributed by atoms with E-state index in [0.29, 0.717) is 13.2 Å². The minimum atomic E-state index is -0.447. The molecule has 2 atom stereocenters. The maximum absolute atomic E-state index is 12.4. The molecule has 21 heavy (non-hydrogen) atoms. The van der Waals surface area contributed by atoms with Gasteiger partial charge in [0, 0.05) is 0 Å². The second-order valence-electron chi connectivity index (χ2n) is 7.13. The summed E-state index contributed by atoms with van der Waals surface area (Å²) in [6, 6.07) is 0.184. The zero-order chi connectivity index (χ0) is 15.5. The lowest BCUT2D eigenvalue weighted by atomic mass is 9.91. The number of ether oxygens (including phenoxy) is 2. The summed E-state index contributed by atoms with van der Waals surface area (Å²) in [6.07, 6.45) is 7.88. The Morgan fingerprint density at radius 2 is 2.14 bits per heavy atom. The van der Waals surface area contributed by atoms with Gasteiger partial charge in [-0.2, -0.15) is 0 Å². The largest absolute Gasteiger partial charge is 0.444 e. The average Bonchev–Trinajstić information content (AvgIpc) is 2.35. The molecular weight excluding hydrogens is 266 g/mol. The van der Waals surface area contributed by atoms with Gasteiger partial charge in [0.05, 0.1) is 25.3 Å². The number of rotatable bonds is 4. The molecule has 2 rings (SSSR count). The number of fused-ring (bicyclic) bond motifs is 2. The third-order valence-electron chi connectivity index (χ3n) is 3.98. The van der Waals surface area contributed by atoms with Crippen molar-refractivity contribution in [2.45, 2.75) is 77.5 Å². The summed E-state index contributed by atoms with van der Waals surface area (Å²) in [5.41, 5.74) is 1.04. The first-order valence-electron chi connectivity index (χ1n) is 8.19. The van der Waals surface area contributed by atoms with Crippen molar-refractivity contribution >= 4 is 6.09 Å². The molecule has 0 radical (unpaired) electrons. The number of carbonyl (C=O) groups excluding carboxylic acids is 1. The second-order valence-corrected chi connectivity index (χ2v) is 7.13. The lowest BCUT2D eigenvalue weighted by Crippen LogP contribution is -2.57. The lowest BCUT2D eigenvalue weighted by Gasteiger charge is -2.44. The first-order chi connectivity index (χ1) is 9.90. The first kappa shape index (κ1) is 16.3. The van der Waals surface area contributed by atoms with Crippen molar-refractivity contribution in [3.8, 4) is 0 Å². The van der Waals surface area contributed by atoms with E-state index in [4.69, 9.17) is 9.47 Å². The van der Waals surface area contributed by atoms with Crippen molar-refractivity contribution < 1.29 is 14.3 Å². The molecule has 2 bridgehead atoms. The second kappa shape index (κ2) is 6.82. The van der Waals surface area contributed by atoms with Crippen LogP contribution in [0.25, 0.3) is 0 Å². The predicted octanol–water partition coefficient (Wildman–Crippen LogP) is 3.90. The quantitative estimate of drug-likeness (QED) is 0.583. The molecule has 4 heteroatoms. The van der Waals surface area contributed by atoms with Crippen molar-refractivity contribution in [2.75, 3.05) is 13.2 Å². The minimum absolute atomic E-state index is 0.0453. The van der Waals surface area contributed by atoms with Crippen LogP contribution in [-0.2, 0) is 9.47 Å². The fourth-order valence-electron chi connectivity index (χ4n) is 3.07. The molecule has 0 saturated carbocycles. The van der Waals surface area contributed by atoms with E-state index in [1.165, 1.54) is 24.8 Å². The molecular formula is C17H29NO3. The monoisotopic (exact) mass is 295 g/mol. The molecule has 1 amide bonds. The van der Waals surface area contributed by atoms with Gasteiger partial charge in [0.2, 0.25) is 0 Å². The van der Waals surface area contributed by atoms with Crippen LogP contribution in [-0.4, -0.2) is 41.9 Å². The Morgan fingerprint density at radius 3 is 2.76 bits per heavy atom. The van der Waals surface area contributed by atoms with Crippen LogP contribution in [0.3, 0.4) is 0 Å². The SMILES string of the molecule is CCCCCC1=CC2COCC(C1)N2C(=O)OC(C)(C)C. The van der Waals surface area contributed by atoms with Crippen LogP contribution in [0.5, 0.6) is 0 Å². The summed E-state index contributed by atoms with van der Waals surface area (Å²) in [6.45, 7) is 9.17. The highest BCUT2D eigenvalue weighted by atomic mass is 16.6. The molecule has 2 unspecified atom stereocenters. The Kier molecular flexibility index (Phi) is 5.31. The van der Waals surface area contributed by atoms with E-state index in [1.807, 2.05) is 25.7 Å². The number of carbonyl (C=O) groups is 1. The minimum Gasteiger partial charge on any atom is -0.444 e. The fraction of sp³-hybridized carbons (Fsp3) is 0.824. The normalized spacial score (nSPS) is 25.5. The molecule has 4 nitrogen and oxygen atoms in total. The smallest absolute Gasteiger partial charge is 0.411 e. The van der Waals surface area contributed by atoms with Crippen LogP contribution in [0, 0.1) is 0 Å². The fourth-order valence-corrected chi connectivity index (χ4v) is 3.07. The van der Waals surface area contributed by atoms with Crippen molar-refractivity contribution in [3.05, 3.63) is 11.6 Å². The molecule has 0 aromatic heterocycles. The predicted molar refractivity (Wildman–Crippen MR) is 83.3 cm³/mol. The lowest BCUT2D eigenvalue weighted by molar-refractivity contribution is -0.0538. The van der Waals surface area contributed by atoms with Gasteiger partial charge in [-0.3, -0.25) is 4.90 Å². The third-order valence-corrected chi connectivity index (χ3v) is 3.98. The van der Waals surface area contributed by atoms with Crippen molar-refractivity contribution in [3.63, 3.8) is 0 Å². The van der Waals surface area contributed by atoms with Gasteiger partial charge in [-0.15, -0.1) is 0 Å². The zero-order valence-electron chi connectivity index (χ0n) is 13.9. The third kappa shape index (κ3) is 4.47.